The molecule has 0 saturated carbocycles. The lowest BCUT2D eigenvalue weighted by Gasteiger charge is -2.24. The van der Waals surface area contributed by atoms with Crippen molar-refractivity contribution in [2.75, 3.05) is 6.61 Å². The van der Waals surface area contributed by atoms with Gasteiger partial charge in [0.05, 0.1) is 12.7 Å². The highest BCUT2D eigenvalue weighted by Crippen LogP contribution is 2.18. The first kappa shape index (κ1) is 19.1. The predicted octanol–water partition coefficient (Wildman–Crippen LogP) is 5.03. The van der Waals surface area contributed by atoms with Crippen molar-refractivity contribution in [3.63, 3.8) is 0 Å². The van der Waals surface area contributed by atoms with Crippen LogP contribution in [0.4, 0.5) is 0 Å². The van der Waals surface area contributed by atoms with E-state index in [-0.39, 0.29) is 0 Å². The third kappa shape index (κ3) is 10.9. The Bertz CT molecular complexity index is 360. The molecular weight excluding hydrogens is 284 g/mol. The minimum atomic E-state index is -1.70. The average molecular weight is 315 g/mol. The Morgan fingerprint density at radius 1 is 1.00 bits per heavy atom. The number of hydrogen-bond donors (Lipinski definition) is 0. The molecule has 0 amide bonds. The van der Waals surface area contributed by atoms with E-state index in [1.54, 1.807) is 0 Å². The number of rotatable bonds is 9. The van der Waals surface area contributed by atoms with Crippen LogP contribution in [0.15, 0.2) is 36.5 Å². The predicted molar refractivity (Wildman–Crippen MR) is 91.5 cm³/mol. The van der Waals surface area contributed by atoms with Crippen LogP contribution in [0.3, 0.4) is 0 Å². The Hall–Kier alpha value is -0.946. The molecule has 0 aliphatic carbocycles. The van der Waals surface area contributed by atoms with E-state index in [1.165, 1.54) is 0 Å². The molecule has 0 unspecified atom stereocenters. The van der Waals surface area contributed by atoms with E-state index >= 15 is 0 Å². The minimum absolute atomic E-state index is 0.556. The highest BCUT2D eigenvalue weighted by Gasteiger charge is 2.21. The second-order valence-corrected chi connectivity index (χ2v) is 15.3. The summed E-state index contributed by atoms with van der Waals surface area (Å²) in [5, 5.41) is 0. The van der Waals surface area contributed by atoms with Gasteiger partial charge >= 0.3 is 0 Å². The Morgan fingerprint density at radius 2 is 1.55 bits per heavy atom. The largest absolute Gasteiger partial charge is 0.544 e. The molecule has 0 atom stereocenters. The van der Waals surface area contributed by atoms with Crippen molar-refractivity contribution >= 4 is 16.6 Å². The van der Waals surface area contributed by atoms with Crippen molar-refractivity contribution in [3.8, 4) is 0 Å². The number of ether oxygens (including phenoxy) is 1. The summed E-state index contributed by atoms with van der Waals surface area (Å²) in [5.41, 5.74) is 0. The highest BCUT2D eigenvalue weighted by atomic mass is 28.4. The third-order valence-corrected chi connectivity index (χ3v) is 3.52. The fraction of sp³-hybridized carbons (Fsp3) is 0.600. The van der Waals surface area contributed by atoms with Crippen LogP contribution in [0.2, 0.25) is 39.3 Å². The first-order chi connectivity index (χ1) is 9.07. The molecule has 0 fully saturated rings. The van der Waals surface area contributed by atoms with Gasteiger partial charge in [-0.2, -0.15) is 0 Å². The van der Waals surface area contributed by atoms with E-state index in [9.17, 15) is 0 Å². The van der Waals surface area contributed by atoms with Gasteiger partial charge in [-0.15, -0.1) is 6.58 Å². The maximum absolute atomic E-state index is 6.06. The smallest absolute Gasteiger partial charge is 0.268 e. The first-order valence-electron chi connectivity index (χ1n) is 7.11. The van der Waals surface area contributed by atoms with Crippen LogP contribution in [-0.2, 0) is 13.6 Å². The number of hydrogen-bond acceptors (Lipinski definition) is 3. The van der Waals surface area contributed by atoms with Gasteiger partial charge in [0.15, 0.2) is 0 Å². The summed E-state index contributed by atoms with van der Waals surface area (Å²) in [4.78, 5) is 0. The van der Waals surface area contributed by atoms with E-state index in [0.29, 0.717) is 12.6 Å². The molecule has 0 aromatic heterocycles. The molecule has 3 nitrogen and oxygen atoms in total. The molecule has 20 heavy (non-hydrogen) atoms. The van der Waals surface area contributed by atoms with Crippen LogP contribution in [0, 0.1) is 0 Å². The van der Waals surface area contributed by atoms with Gasteiger partial charge in [0.2, 0.25) is 16.6 Å². The molecule has 116 valence electrons. The van der Waals surface area contributed by atoms with Crippen molar-refractivity contribution in [1.82, 2.24) is 0 Å². The van der Waals surface area contributed by atoms with Gasteiger partial charge in [0, 0.05) is 0 Å². The quantitative estimate of drug-likeness (QED) is 0.259. The van der Waals surface area contributed by atoms with Gasteiger partial charge in [-0.3, -0.25) is 0 Å². The summed E-state index contributed by atoms with van der Waals surface area (Å²) in [6, 6.07) is 0. The summed E-state index contributed by atoms with van der Waals surface area (Å²) in [6.07, 6.45) is 6.49. The molecule has 0 aliphatic heterocycles. The van der Waals surface area contributed by atoms with Gasteiger partial charge in [0.25, 0.3) is 5.95 Å². The molecule has 0 spiro atoms. The van der Waals surface area contributed by atoms with Crippen LogP contribution in [-0.4, -0.2) is 23.2 Å². The molecule has 0 aromatic carbocycles. The van der Waals surface area contributed by atoms with Crippen LogP contribution < -0.4 is 0 Å². The number of allylic oxidation sites excluding steroid dienone is 3. The maximum Gasteiger partial charge on any atom is 0.268 e. The van der Waals surface area contributed by atoms with Crippen molar-refractivity contribution in [3.05, 3.63) is 36.5 Å². The molecule has 0 aromatic rings. The molecule has 0 heterocycles. The zero-order chi connectivity index (χ0) is 15.8. The lowest BCUT2D eigenvalue weighted by atomic mass is 10.3. The van der Waals surface area contributed by atoms with Crippen molar-refractivity contribution < 1.29 is 13.6 Å². The minimum Gasteiger partial charge on any atom is -0.544 e. The van der Waals surface area contributed by atoms with Gasteiger partial charge in [-0.1, -0.05) is 6.08 Å². The summed E-state index contributed by atoms with van der Waals surface area (Å²) in [7, 11) is -3.36. The van der Waals surface area contributed by atoms with E-state index in [1.807, 2.05) is 25.2 Å². The molecule has 0 saturated heterocycles. The van der Waals surface area contributed by atoms with Crippen molar-refractivity contribution in [1.29, 1.82) is 0 Å². The second kappa shape index (κ2) is 8.36. The van der Waals surface area contributed by atoms with Crippen molar-refractivity contribution in [2.24, 2.45) is 0 Å². The van der Waals surface area contributed by atoms with Crippen LogP contribution in [0.5, 0.6) is 0 Å². The fourth-order valence-electron chi connectivity index (χ4n) is 1.34. The van der Waals surface area contributed by atoms with Crippen LogP contribution in [0.1, 0.15) is 13.3 Å². The average Bonchev–Trinajstić information content (AvgIpc) is 2.21. The molecule has 5 heteroatoms. The third-order valence-electron chi connectivity index (χ3n) is 1.86. The Morgan fingerprint density at radius 3 is 1.95 bits per heavy atom. The summed E-state index contributed by atoms with van der Waals surface area (Å²) in [6.45, 7) is 19.1. The SMILES string of the molecule is C=CCC=C(C=C(OCC)O[Si](C)(C)C)O[Si](C)(C)C. The molecule has 0 bridgehead atoms. The lowest BCUT2D eigenvalue weighted by molar-refractivity contribution is 0.111. The Kier molecular flexibility index (Phi) is 7.97. The summed E-state index contributed by atoms with van der Waals surface area (Å²) < 4.78 is 17.6. The van der Waals surface area contributed by atoms with Gasteiger partial charge in [-0.05, 0) is 58.7 Å². The standard InChI is InChI=1S/C15H30O3Si2/c1-9-11-12-14(17-19(3,4)5)13-15(16-10-2)18-20(6,7)8/h9,12-13H,1,10-11H2,2-8H3. The Labute approximate surface area is 126 Å². The maximum atomic E-state index is 6.06. The van der Waals surface area contributed by atoms with E-state index in [4.69, 9.17) is 13.6 Å². The Balaban J connectivity index is 5.19. The van der Waals surface area contributed by atoms with E-state index < -0.39 is 16.6 Å². The van der Waals surface area contributed by atoms with E-state index in [0.717, 1.165) is 12.2 Å². The van der Waals surface area contributed by atoms with Gasteiger partial charge in [-0.25, -0.2) is 0 Å². The van der Waals surface area contributed by atoms with Crippen LogP contribution in [0.25, 0.3) is 0 Å². The molecule has 0 N–H and O–H groups in total. The van der Waals surface area contributed by atoms with Crippen LogP contribution >= 0.6 is 0 Å². The van der Waals surface area contributed by atoms with Gasteiger partial charge < -0.3 is 13.6 Å². The summed E-state index contributed by atoms with van der Waals surface area (Å²) in [5.74, 6) is 1.37. The van der Waals surface area contributed by atoms with Gasteiger partial charge in [0.1, 0.15) is 5.76 Å². The lowest BCUT2D eigenvalue weighted by Crippen LogP contribution is -2.27. The van der Waals surface area contributed by atoms with Crippen molar-refractivity contribution in [2.45, 2.75) is 52.6 Å². The molecule has 0 rings (SSSR count). The van der Waals surface area contributed by atoms with E-state index in [2.05, 4.69) is 45.9 Å². The molecule has 0 aliphatic rings. The monoisotopic (exact) mass is 314 g/mol. The zero-order valence-electron chi connectivity index (χ0n) is 14.1. The highest BCUT2D eigenvalue weighted by molar-refractivity contribution is 6.70. The molecule has 0 radical (unpaired) electrons. The normalized spacial score (nSPS) is 13.9. The zero-order valence-corrected chi connectivity index (χ0v) is 16.1. The summed E-state index contributed by atoms with van der Waals surface area (Å²) >= 11 is 0. The fourth-order valence-corrected chi connectivity index (χ4v) is 2.91. The second-order valence-electron chi connectivity index (χ2n) is 6.46. The topological polar surface area (TPSA) is 27.7 Å². The molecular formula is C15H30O3Si2. The first-order valence-corrected chi connectivity index (χ1v) is 13.9.